The molecule has 0 saturated carbocycles. The van der Waals surface area contributed by atoms with Crippen LogP contribution in [0, 0.1) is 5.92 Å². The molecule has 0 bridgehead atoms. The van der Waals surface area contributed by atoms with E-state index in [0.29, 0.717) is 5.92 Å². The van der Waals surface area contributed by atoms with Crippen LogP contribution in [0.25, 0.3) is 0 Å². The monoisotopic (exact) mass is 240 g/mol. The summed E-state index contributed by atoms with van der Waals surface area (Å²) in [7, 11) is 0. The summed E-state index contributed by atoms with van der Waals surface area (Å²) in [4.78, 5) is 8.71. The van der Waals surface area contributed by atoms with Gasteiger partial charge in [-0.15, -0.1) is 0 Å². The summed E-state index contributed by atoms with van der Waals surface area (Å²) in [5.74, 6) is 0.717. The molecule has 0 unspecified atom stereocenters. The molecule has 0 N–H and O–H groups in total. The number of nitrogens with zero attached hydrogens (tertiary/aromatic N) is 2. The van der Waals surface area contributed by atoms with Gasteiger partial charge in [-0.3, -0.25) is 9.97 Å². The van der Waals surface area contributed by atoms with Crippen LogP contribution in [0.2, 0.25) is 0 Å². The van der Waals surface area contributed by atoms with Crippen LogP contribution in [0.3, 0.4) is 0 Å². The van der Waals surface area contributed by atoms with Gasteiger partial charge in [0.1, 0.15) is 0 Å². The van der Waals surface area contributed by atoms with E-state index in [-0.39, 0.29) is 0 Å². The topological polar surface area (TPSA) is 25.8 Å². The van der Waals surface area contributed by atoms with Gasteiger partial charge in [-0.2, -0.15) is 0 Å². The van der Waals surface area contributed by atoms with E-state index in [1.807, 2.05) is 24.5 Å². The highest BCUT2D eigenvalue weighted by atomic mass is 14.7. The quantitative estimate of drug-likeness (QED) is 0.769. The summed E-state index contributed by atoms with van der Waals surface area (Å²) in [6.45, 7) is 2.31. The first kappa shape index (κ1) is 12.7. The molecule has 0 radical (unpaired) electrons. The molecule has 0 aliphatic heterocycles. The van der Waals surface area contributed by atoms with Crippen molar-refractivity contribution in [1.82, 2.24) is 9.97 Å². The molecular weight excluding hydrogens is 220 g/mol. The zero-order valence-corrected chi connectivity index (χ0v) is 10.9. The van der Waals surface area contributed by atoms with Gasteiger partial charge >= 0.3 is 0 Å². The molecular formula is C16H20N2. The zero-order valence-electron chi connectivity index (χ0n) is 10.9. The second-order valence-corrected chi connectivity index (χ2v) is 4.82. The lowest BCUT2D eigenvalue weighted by Gasteiger charge is -2.10. The Kier molecular flexibility index (Phi) is 4.88. The normalized spacial score (nSPS) is 10.8. The fraction of sp³-hybridized carbons (Fsp3) is 0.375. The van der Waals surface area contributed by atoms with E-state index in [1.54, 1.807) is 0 Å². The summed E-state index contributed by atoms with van der Waals surface area (Å²) in [5.41, 5.74) is 2.39. The Bertz CT molecular complexity index is 396. The highest BCUT2D eigenvalue weighted by Gasteiger charge is 2.04. The van der Waals surface area contributed by atoms with Crippen molar-refractivity contribution in [2.24, 2.45) is 5.92 Å². The van der Waals surface area contributed by atoms with Crippen LogP contribution in [0.15, 0.2) is 48.8 Å². The van der Waals surface area contributed by atoms with Crippen LogP contribution >= 0.6 is 0 Å². The number of rotatable bonds is 6. The maximum Gasteiger partial charge on any atom is 0.0403 e. The van der Waals surface area contributed by atoms with Crippen LogP contribution in [0.1, 0.15) is 31.2 Å². The largest absolute Gasteiger partial charge is 0.261 e. The lowest BCUT2D eigenvalue weighted by Crippen LogP contribution is -2.01. The van der Waals surface area contributed by atoms with Crippen LogP contribution in [0.5, 0.6) is 0 Å². The van der Waals surface area contributed by atoms with Gasteiger partial charge < -0.3 is 0 Å². The zero-order chi connectivity index (χ0) is 12.6. The third kappa shape index (κ3) is 4.28. The lowest BCUT2D eigenvalue weighted by molar-refractivity contribution is 0.487. The molecule has 0 fully saturated rings. The molecule has 0 atom stereocenters. The molecule has 0 aliphatic carbocycles. The van der Waals surface area contributed by atoms with Crippen LogP contribution in [0.4, 0.5) is 0 Å². The third-order valence-electron chi connectivity index (χ3n) is 3.24. The van der Waals surface area contributed by atoms with Gasteiger partial charge in [0.15, 0.2) is 0 Å². The molecule has 2 rings (SSSR count). The van der Waals surface area contributed by atoms with Crippen molar-refractivity contribution in [1.29, 1.82) is 0 Å². The SMILES string of the molecule is CC(CCc1ccccn1)CCc1ccccn1. The van der Waals surface area contributed by atoms with E-state index in [4.69, 9.17) is 0 Å². The first-order valence-corrected chi connectivity index (χ1v) is 6.64. The van der Waals surface area contributed by atoms with E-state index in [9.17, 15) is 0 Å². The number of aryl methyl sites for hydroxylation is 2. The molecule has 0 aromatic carbocycles. The van der Waals surface area contributed by atoms with Gasteiger partial charge in [0.25, 0.3) is 0 Å². The van der Waals surface area contributed by atoms with E-state index in [2.05, 4.69) is 41.2 Å². The number of pyridine rings is 2. The van der Waals surface area contributed by atoms with Gasteiger partial charge in [0.2, 0.25) is 0 Å². The Balaban J connectivity index is 1.71. The fourth-order valence-corrected chi connectivity index (χ4v) is 2.02. The molecule has 2 heteroatoms. The van der Waals surface area contributed by atoms with Gasteiger partial charge in [-0.1, -0.05) is 19.1 Å². The van der Waals surface area contributed by atoms with Crippen molar-refractivity contribution < 1.29 is 0 Å². The molecule has 18 heavy (non-hydrogen) atoms. The van der Waals surface area contributed by atoms with Gasteiger partial charge in [0, 0.05) is 23.8 Å². The molecule has 0 spiro atoms. The minimum Gasteiger partial charge on any atom is -0.261 e. The highest BCUT2D eigenvalue weighted by Crippen LogP contribution is 2.14. The van der Waals surface area contributed by atoms with Crippen molar-refractivity contribution in [2.45, 2.75) is 32.6 Å². The first-order valence-electron chi connectivity index (χ1n) is 6.64. The second kappa shape index (κ2) is 6.90. The smallest absolute Gasteiger partial charge is 0.0403 e. The van der Waals surface area contributed by atoms with Crippen molar-refractivity contribution in [3.05, 3.63) is 60.2 Å². The van der Waals surface area contributed by atoms with Crippen molar-refractivity contribution in [3.8, 4) is 0 Å². The Hall–Kier alpha value is -1.70. The molecule has 2 heterocycles. The molecule has 94 valence electrons. The summed E-state index contributed by atoms with van der Waals surface area (Å²) in [5, 5.41) is 0. The molecule has 2 nitrogen and oxygen atoms in total. The highest BCUT2D eigenvalue weighted by molar-refractivity contribution is 5.04. The van der Waals surface area contributed by atoms with Crippen LogP contribution < -0.4 is 0 Å². The first-order chi connectivity index (χ1) is 8.84. The summed E-state index contributed by atoms with van der Waals surface area (Å²) in [6, 6.07) is 12.3. The van der Waals surface area contributed by atoms with Crippen molar-refractivity contribution in [3.63, 3.8) is 0 Å². The van der Waals surface area contributed by atoms with Crippen molar-refractivity contribution in [2.75, 3.05) is 0 Å². The minimum atomic E-state index is 0.717. The van der Waals surface area contributed by atoms with Gasteiger partial charge in [0.05, 0.1) is 0 Å². The van der Waals surface area contributed by atoms with Gasteiger partial charge in [-0.05, 0) is 55.9 Å². The Labute approximate surface area is 109 Å². The summed E-state index contributed by atoms with van der Waals surface area (Å²) in [6.07, 6.45) is 8.28. The average molecular weight is 240 g/mol. The maximum absolute atomic E-state index is 4.36. The summed E-state index contributed by atoms with van der Waals surface area (Å²) < 4.78 is 0. The predicted molar refractivity (Wildman–Crippen MR) is 74.3 cm³/mol. The Morgan fingerprint density at radius 1 is 0.833 bits per heavy atom. The standard InChI is InChI=1S/C16H20N2/c1-14(8-10-15-6-2-4-12-17-15)9-11-16-7-3-5-13-18-16/h2-7,12-14H,8-11H2,1H3. The number of hydrogen-bond donors (Lipinski definition) is 0. The number of aromatic nitrogens is 2. The second-order valence-electron chi connectivity index (χ2n) is 4.82. The van der Waals surface area contributed by atoms with Gasteiger partial charge in [-0.25, -0.2) is 0 Å². The van der Waals surface area contributed by atoms with Crippen molar-refractivity contribution >= 4 is 0 Å². The van der Waals surface area contributed by atoms with E-state index >= 15 is 0 Å². The third-order valence-corrected chi connectivity index (χ3v) is 3.24. The fourth-order valence-electron chi connectivity index (χ4n) is 2.02. The lowest BCUT2D eigenvalue weighted by atomic mass is 9.97. The minimum absolute atomic E-state index is 0.717. The summed E-state index contributed by atoms with van der Waals surface area (Å²) >= 11 is 0. The van der Waals surface area contributed by atoms with E-state index < -0.39 is 0 Å². The predicted octanol–water partition coefficient (Wildman–Crippen LogP) is 3.68. The number of hydrogen-bond acceptors (Lipinski definition) is 2. The maximum atomic E-state index is 4.36. The van der Waals surface area contributed by atoms with E-state index in [0.717, 1.165) is 12.8 Å². The Morgan fingerprint density at radius 3 is 1.72 bits per heavy atom. The molecule has 2 aromatic rings. The molecule has 2 aromatic heterocycles. The van der Waals surface area contributed by atoms with Crippen LogP contribution in [-0.2, 0) is 12.8 Å². The molecule has 0 saturated heterocycles. The van der Waals surface area contributed by atoms with Crippen LogP contribution in [-0.4, -0.2) is 9.97 Å². The Morgan fingerprint density at radius 2 is 1.33 bits per heavy atom. The molecule has 0 aliphatic rings. The van der Waals surface area contributed by atoms with E-state index in [1.165, 1.54) is 24.2 Å². The average Bonchev–Trinajstić information content (AvgIpc) is 2.45. The molecule has 0 amide bonds.